The molecule has 2 rings (SSSR count). The van der Waals surface area contributed by atoms with Crippen LogP contribution >= 0.6 is 0 Å². The fourth-order valence-electron chi connectivity index (χ4n) is 2.93. The van der Waals surface area contributed by atoms with Crippen molar-refractivity contribution in [2.75, 3.05) is 5.32 Å². The number of nitro groups is 1. The second kappa shape index (κ2) is 7.59. The van der Waals surface area contributed by atoms with Crippen molar-refractivity contribution in [2.24, 2.45) is 0 Å². The summed E-state index contributed by atoms with van der Waals surface area (Å²) in [4.78, 5) is 34.2. The minimum absolute atomic E-state index is 0.00571. The van der Waals surface area contributed by atoms with Crippen LogP contribution < -0.4 is 9.67 Å². The topological polar surface area (TPSA) is 167 Å². The average Bonchev–Trinajstić information content (AvgIpc) is 2.56. The molecular weight excluding hydrogens is 435 g/mol. The number of non-ortho nitro benzene ring substituents is 1. The summed E-state index contributed by atoms with van der Waals surface area (Å²) in [5.74, 6) is -1.98. The van der Waals surface area contributed by atoms with Crippen LogP contribution in [0, 0.1) is 17.0 Å². The maximum atomic E-state index is 12.3. The maximum absolute atomic E-state index is 12.3. The molecule has 148 valence electrons. The Kier molecular flexibility index (Phi) is 5.79. The van der Waals surface area contributed by atoms with E-state index in [-0.39, 0.29) is 27.9 Å². The van der Waals surface area contributed by atoms with Crippen molar-refractivity contribution in [2.45, 2.75) is 20.8 Å². The molecule has 11 heteroatoms. The summed E-state index contributed by atoms with van der Waals surface area (Å²) in [5.41, 5.74) is -1.37. The second-order valence-electron chi connectivity index (χ2n) is 6.04. The Hall–Kier alpha value is -2.94. The molecule has 0 aliphatic heterocycles. The van der Waals surface area contributed by atoms with E-state index in [1.165, 1.54) is 25.1 Å². The number of phenols is 1. The summed E-state index contributed by atoms with van der Waals surface area (Å²) in [6.07, 6.45) is 0. The third-order valence-corrected chi connectivity index (χ3v) is 6.14. The zero-order valence-corrected chi connectivity index (χ0v) is 17.0. The second-order valence-corrected chi connectivity index (χ2v) is 9.26. The van der Waals surface area contributed by atoms with Crippen LogP contribution in [0.5, 0.6) is 5.75 Å². The van der Waals surface area contributed by atoms with Gasteiger partial charge in [-0.1, -0.05) is 0 Å². The van der Waals surface area contributed by atoms with Gasteiger partial charge in [-0.2, -0.15) is 0 Å². The van der Waals surface area contributed by atoms with Gasteiger partial charge in [0.05, 0.1) is 0 Å². The van der Waals surface area contributed by atoms with Crippen LogP contribution in [-0.2, 0) is 8.53 Å². The number of aromatic hydroxyl groups is 1. The Labute approximate surface area is 162 Å². The number of ketones is 1. The third kappa shape index (κ3) is 3.99. The van der Waals surface area contributed by atoms with E-state index < -0.39 is 46.6 Å². The molecule has 28 heavy (non-hydrogen) atoms. The fourth-order valence-corrected chi connectivity index (χ4v) is 5.00. The van der Waals surface area contributed by atoms with E-state index in [0.29, 0.717) is 0 Å². The van der Waals surface area contributed by atoms with Crippen LogP contribution in [0.3, 0.4) is 0 Å². The van der Waals surface area contributed by atoms with Gasteiger partial charge in [-0.25, -0.2) is 0 Å². The quantitative estimate of drug-likeness (QED) is 0.171. The number of nitro benzene ring substituents is 1. The predicted molar refractivity (Wildman–Crippen MR) is 99.8 cm³/mol. The van der Waals surface area contributed by atoms with E-state index in [4.69, 9.17) is 0 Å². The Morgan fingerprint density at radius 2 is 1.82 bits per heavy atom. The minimum atomic E-state index is -5.89. The first kappa shape index (κ1) is 21.4. The van der Waals surface area contributed by atoms with Crippen LogP contribution in [0.25, 0.3) is 11.1 Å². The molecule has 0 aliphatic carbocycles. The number of benzene rings is 2. The van der Waals surface area contributed by atoms with Gasteiger partial charge < -0.3 is 0 Å². The summed E-state index contributed by atoms with van der Waals surface area (Å²) in [5, 5.41) is 23.7. The van der Waals surface area contributed by atoms with Crippen molar-refractivity contribution >= 4 is 41.6 Å². The first-order valence-electron chi connectivity index (χ1n) is 7.85. The Balaban J connectivity index is 3.12. The van der Waals surface area contributed by atoms with Gasteiger partial charge in [0.2, 0.25) is 0 Å². The average molecular weight is 452 g/mol. The normalized spacial score (nSPS) is 11.2. The van der Waals surface area contributed by atoms with Gasteiger partial charge in [-0.3, -0.25) is 0 Å². The van der Waals surface area contributed by atoms with Gasteiger partial charge in [-0.05, 0) is 0 Å². The number of nitrogens with one attached hydrogen (secondary N) is 1. The number of nitrogens with zero attached hydrogens (tertiary/aromatic N) is 1. The predicted octanol–water partition coefficient (Wildman–Crippen LogP) is 0.998. The van der Waals surface area contributed by atoms with Crippen LogP contribution in [-0.4, -0.2) is 44.1 Å². The van der Waals surface area contributed by atoms with E-state index in [1.54, 1.807) is 0 Å². The fraction of sp³-hybridized carbons (Fsp3) is 0.176. The number of hydrogen-bond acceptors (Lipinski definition) is 6. The zero-order chi connectivity index (χ0) is 21.4. The SMILES string of the molecule is CC(=O)Nc1c(O)c(C)c(C(C)=O)c(-c2cccc([N+](=O)[O-])c2)c1[As](=O)(O)O. The Bertz CT molecular complexity index is 1060. The molecule has 10 nitrogen and oxygen atoms in total. The van der Waals surface area contributed by atoms with Gasteiger partial charge in [0.15, 0.2) is 0 Å². The summed E-state index contributed by atoms with van der Waals surface area (Å²) < 4.78 is 31.6. The summed E-state index contributed by atoms with van der Waals surface area (Å²) >= 11 is -5.89. The molecule has 0 fully saturated rings. The summed E-state index contributed by atoms with van der Waals surface area (Å²) in [6.45, 7) is 3.56. The molecule has 0 saturated heterocycles. The molecule has 0 spiro atoms. The Morgan fingerprint density at radius 3 is 2.29 bits per heavy atom. The number of carbonyl (C=O) groups is 2. The molecule has 0 radical (unpaired) electrons. The van der Waals surface area contributed by atoms with Gasteiger partial charge in [-0.15, -0.1) is 0 Å². The number of hydrogen-bond donors (Lipinski definition) is 4. The van der Waals surface area contributed by atoms with Crippen LogP contribution in [0.2, 0.25) is 0 Å². The molecule has 0 aliphatic rings. The van der Waals surface area contributed by atoms with Crippen molar-refractivity contribution < 1.29 is 31.5 Å². The van der Waals surface area contributed by atoms with Gasteiger partial charge >= 0.3 is 162 Å². The molecule has 0 bridgehead atoms. The molecule has 2 aromatic rings. The van der Waals surface area contributed by atoms with Gasteiger partial charge in [0, 0.05) is 0 Å². The van der Waals surface area contributed by atoms with Crippen molar-refractivity contribution in [1.29, 1.82) is 0 Å². The van der Waals surface area contributed by atoms with E-state index in [0.717, 1.165) is 19.9 Å². The standard InChI is InChI=1S/C17H17AsN2O8/c1-8-13(9(2)21)14(11-5-4-6-12(7-11)20(27)28)15(18(24,25)26)16(17(8)23)19-10(3)22/h4-7,23H,1-3H3,(H,19,22)(H2,24,25,26). The number of anilines is 1. The summed E-state index contributed by atoms with van der Waals surface area (Å²) in [6, 6.07) is 4.89. The van der Waals surface area contributed by atoms with Crippen LogP contribution in [0.4, 0.5) is 11.4 Å². The molecular formula is C17H17AsN2O8. The van der Waals surface area contributed by atoms with Crippen molar-refractivity contribution in [1.82, 2.24) is 0 Å². The number of rotatable bonds is 5. The number of amides is 1. The number of carbonyl (C=O) groups excluding carboxylic acids is 2. The van der Waals surface area contributed by atoms with E-state index in [1.807, 2.05) is 0 Å². The molecule has 4 N–H and O–H groups in total. The van der Waals surface area contributed by atoms with Crippen LogP contribution in [0.1, 0.15) is 29.8 Å². The monoisotopic (exact) mass is 452 g/mol. The number of Topliss-reactive ketones (excluding diaryl/α,β-unsaturated/α-hetero) is 1. The molecule has 0 saturated carbocycles. The molecule has 1 amide bonds. The van der Waals surface area contributed by atoms with E-state index in [9.17, 15) is 36.7 Å². The Morgan fingerprint density at radius 1 is 1.21 bits per heavy atom. The molecule has 0 atom stereocenters. The molecule has 0 unspecified atom stereocenters. The first-order valence-corrected chi connectivity index (χ1v) is 11.2. The third-order valence-electron chi connectivity index (χ3n) is 3.98. The van der Waals surface area contributed by atoms with Crippen molar-refractivity contribution in [3.8, 4) is 16.9 Å². The first-order chi connectivity index (χ1) is 12.9. The molecule has 0 heterocycles. The van der Waals surface area contributed by atoms with Gasteiger partial charge in [0.25, 0.3) is 0 Å². The number of phenolic OH excluding ortho intramolecular Hbond substituents is 1. The molecule has 0 aromatic heterocycles. The summed E-state index contributed by atoms with van der Waals surface area (Å²) in [7, 11) is 0. The van der Waals surface area contributed by atoms with Crippen LogP contribution in [0.15, 0.2) is 24.3 Å². The van der Waals surface area contributed by atoms with Crippen molar-refractivity contribution in [3.05, 3.63) is 45.5 Å². The zero-order valence-electron chi connectivity index (χ0n) is 15.1. The van der Waals surface area contributed by atoms with Crippen molar-refractivity contribution in [3.63, 3.8) is 0 Å². The molecule has 2 aromatic carbocycles. The van der Waals surface area contributed by atoms with E-state index >= 15 is 0 Å². The van der Waals surface area contributed by atoms with E-state index in [2.05, 4.69) is 5.32 Å². The van der Waals surface area contributed by atoms with Gasteiger partial charge in [0.1, 0.15) is 0 Å².